The minimum Gasteiger partial charge on any atom is -0.390 e. The Morgan fingerprint density at radius 1 is 0.340 bits per heavy atom. The van der Waals surface area contributed by atoms with Gasteiger partial charge in [-0.2, -0.15) is 74.8 Å². The van der Waals surface area contributed by atoms with E-state index in [4.69, 9.17) is 9.47 Å². The molecule has 7 aliphatic rings. The Morgan fingerprint density at radius 2 is 0.660 bits per heavy atom. The molecule has 0 spiro atoms. The van der Waals surface area contributed by atoms with E-state index in [1.807, 2.05) is 128 Å². The van der Waals surface area contributed by atoms with Crippen molar-refractivity contribution in [1.29, 1.82) is 0 Å². The molecule has 0 amide bonds. The summed E-state index contributed by atoms with van der Waals surface area (Å²) >= 11 is 0. The smallest absolute Gasteiger partial charge is 0.233 e. The lowest BCUT2D eigenvalue weighted by molar-refractivity contribution is 0.0171. The number of aliphatic hydroxyl groups excluding tert-OH is 1. The Labute approximate surface area is 865 Å². The maximum atomic E-state index is 13.5. The van der Waals surface area contributed by atoms with Gasteiger partial charge in [-0.15, -0.1) is 0 Å². The predicted octanol–water partition coefficient (Wildman–Crippen LogP) is 16.1. The van der Waals surface area contributed by atoms with Crippen molar-refractivity contribution in [3.63, 3.8) is 0 Å². The first-order valence-corrected chi connectivity index (χ1v) is 48.6. The molecule has 150 heavy (non-hydrogen) atoms. The summed E-state index contributed by atoms with van der Waals surface area (Å²) in [6, 6.07) is 39.3. The monoisotopic (exact) mass is 2030 g/mol. The number of rotatable bonds is 32. The minimum absolute atomic E-state index is 0.282. The van der Waals surface area contributed by atoms with Crippen LogP contribution in [0.1, 0.15) is 109 Å². The fraction of sp³-hybridized carbons (Fsp3) is 0.259. The van der Waals surface area contributed by atoms with Crippen molar-refractivity contribution in [1.82, 2.24) is 94.5 Å². The average Bonchev–Trinajstić information content (AvgIpc) is 1.19. The minimum atomic E-state index is -0.590. The zero-order valence-electron chi connectivity index (χ0n) is 83.9. The number of aliphatic hydroxyl groups is 1. The molecule has 37 nitrogen and oxygen atoms in total. The highest BCUT2D eigenvalue weighted by Crippen LogP contribution is 2.23. The molecule has 2 saturated heterocycles. The maximum Gasteiger partial charge on any atom is 0.233 e. The second-order valence-electron chi connectivity index (χ2n) is 35.2. The van der Waals surface area contributed by atoms with Crippen LogP contribution in [0.3, 0.4) is 0 Å². The molecular formula is C108H115F5N34O3. The zero-order valence-corrected chi connectivity index (χ0v) is 83.9. The molecule has 14 heterocycles. The van der Waals surface area contributed by atoms with E-state index >= 15 is 0 Å². The molecule has 0 bridgehead atoms. The van der Waals surface area contributed by atoms with E-state index in [0.29, 0.717) is 183 Å². The summed E-state index contributed by atoms with van der Waals surface area (Å²) in [6.07, 6.45) is 34.5. The number of amidine groups is 5. The molecule has 5 aromatic carbocycles. The van der Waals surface area contributed by atoms with Crippen molar-refractivity contribution in [3.05, 3.63) is 326 Å². The SMILES string of the molecule is CC1=CC(Nc2nc(/C=C/c3cccc(F)c3)nc(N(C)C)n2)=NC1.CC1=CC(Nc2nc(/C=C/c3cccc(F)c3)nc(NCC(O)CN3CCOCC3)n2)=NC1.CC1=CC(Nc2nc(/C=C/c3cccc(F)c3)nc(NCCCN3CCOCC3)n2)=NC1.CC1=CC(Nc2nc(/C=C/c3cccc(F)c3)nc(NCc3cccnc3)n2)=NC1.CC1=CC(Nc2nc(/C=C/c3cccc(F)c3)nc(NCc3ccncc3)n2)=NC1. The van der Waals surface area contributed by atoms with Gasteiger partial charge in [-0.25, -0.2) is 22.0 Å². The molecular weight excluding hydrogens is 1920 g/mol. The standard InChI is InChI=1S/C23H28FN7O2.C23H28FN7O.2C22H20FN7.C18H19FN6/c1-16-11-21(25-13-16)29-23-28-20(6-5-17-3-2-4-18(24)12-17)27-22(30-23)26-14-19(32)15-31-7-9-33-10-8-31;1-17-14-21(26-16-17)29-23-28-20(7-6-18-4-2-5-19(24)15-18)27-22(30-23)25-8-3-9-31-10-12-32-13-11-31;1-15-10-20(25-12-15)29-22-28-19(8-7-16-4-2-6-18(23)11-16)27-21(30-22)26-14-17-5-3-9-24-13-17;1-15-11-20(25-13-15)29-22-28-19(6-5-16-3-2-4-18(23)12-16)27-21(30-22)26-14-17-7-9-24-10-8-17;1-12-9-16(20-11-12)22-17-21-15(23-18(24-17)25(2)3)8-7-13-5-4-6-14(19)10-13/h2-6,11-12,19,32H,7-10,13-15H2,1H3,(H2,25,26,27,28,29,30);2,4-7,14-15H,3,8-13,16H2,1H3,(H2,25,26,27,28,29,30);2-11,13H,12,14H2,1H3,(H2,25,26,27,28,29,30);2-12H,13-14H2,1H3,(H2,25,26,27,28,29,30);4-10H,11H2,1-3H3,(H,20,21,22,23,24)/b6-5+;7-6+;8-7+;6-5+;8-7+. The highest BCUT2D eigenvalue weighted by molar-refractivity contribution is 6.07. The number of nitrogens with zero attached hydrogens (tertiary/aromatic N) is 25. The largest absolute Gasteiger partial charge is 0.390 e. The Morgan fingerprint density at radius 3 is 0.987 bits per heavy atom. The molecule has 7 aromatic heterocycles. The first kappa shape index (κ1) is 107. The molecule has 10 N–H and O–H groups in total. The number of aromatic nitrogens is 17. The number of ether oxygens (including phenoxy) is 2. The fourth-order valence-electron chi connectivity index (χ4n) is 14.7. The van der Waals surface area contributed by atoms with Crippen LogP contribution in [0.2, 0.25) is 0 Å². The van der Waals surface area contributed by atoms with Gasteiger partial charge in [-0.05, 0) is 254 Å². The van der Waals surface area contributed by atoms with E-state index in [-0.39, 0.29) is 35.6 Å². The number of nitrogens with one attached hydrogen (secondary N) is 9. The summed E-state index contributed by atoms with van der Waals surface area (Å²) in [7, 11) is 3.71. The van der Waals surface area contributed by atoms with E-state index in [1.165, 1.54) is 71.8 Å². The molecule has 12 aromatic rings. The summed E-state index contributed by atoms with van der Waals surface area (Å²) < 4.78 is 77.8. The number of anilines is 10. The van der Waals surface area contributed by atoms with E-state index in [9.17, 15) is 27.1 Å². The Kier molecular flexibility index (Phi) is 39.4. The van der Waals surface area contributed by atoms with Crippen LogP contribution in [0.15, 0.2) is 254 Å². The summed E-state index contributed by atoms with van der Waals surface area (Å²) in [4.78, 5) is 103. The summed E-state index contributed by atoms with van der Waals surface area (Å²) in [5.41, 5.74) is 11.5. The number of aliphatic imine (C=N–C) groups is 5. The summed E-state index contributed by atoms with van der Waals surface area (Å²) in [5.74, 6) is 8.39. The van der Waals surface area contributed by atoms with Crippen LogP contribution >= 0.6 is 0 Å². The Bertz CT molecular complexity index is 6940. The van der Waals surface area contributed by atoms with Gasteiger partial charge in [0.25, 0.3) is 0 Å². The van der Waals surface area contributed by atoms with Crippen LogP contribution in [0.4, 0.5) is 81.4 Å². The van der Waals surface area contributed by atoms with E-state index in [2.05, 4.69) is 167 Å². The van der Waals surface area contributed by atoms with Crippen LogP contribution in [-0.2, 0) is 22.6 Å². The molecule has 0 radical (unpaired) electrons. The lowest BCUT2D eigenvalue weighted by atomic mass is 10.2. The van der Waals surface area contributed by atoms with Gasteiger partial charge in [-0.3, -0.25) is 44.7 Å². The van der Waals surface area contributed by atoms with Gasteiger partial charge in [-0.1, -0.05) is 97.1 Å². The van der Waals surface area contributed by atoms with Crippen molar-refractivity contribution in [2.45, 2.75) is 60.2 Å². The van der Waals surface area contributed by atoms with Crippen LogP contribution in [0.25, 0.3) is 60.8 Å². The molecule has 1 unspecified atom stereocenters. The molecule has 7 aliphatic heterocycles. The van der Waals surface area contributed by atoms with Crippen LogP contribution in [0.5, 0.6) is 0 Å². The highest BCUT2D eigenvalue weighted by atomic mass is 19.1. The van der Waals surface area contributed by atoms with Crippen molar-refractivity contribution in [2.75, 3.05) is 178 Å². The van der Waals surface area contributed by atoms with Crippen LogP contribution < -0.4 is 52.8 Å². The second kappa shape index (κ2) is 55.3. The molecule has 0 saturated carbocycles. The number of hydrogen-bond acceptors (Lipinski definition) is 37. The third-order valence-corrected chi connectivity index (χ3v) is 22.1. The lowest BCUT2D eigenvalue weighted by Gasteiger charge is -2.28. The topological polar surface area (TPSA) is 438 Å². The van der Waals surface area contributed by atoms with Gasteiger partial charge in [0.15, 0.2) is 29.1 Å². The number of halogens is 5. The predicted molar refractivity (Wildman–Crippen MR) is 584 cm³/mol. The van der Waals surface area contributed by atoms with E-state index in [0.717, 1.165) is 115 Å². The van der Waals surface area contributed by atoms with Crippen molar-refractivity contribution in [2.24, 2.45) is 25.0 Å². The Hall–Kier alpha value is -17.4. The maximum absolute atomic E-state index is 13.5. The van der Waals surface area contributed by atoms with Crippen molar-refractivity contribution < 1.29 is 36.5 Å². The molecule has 1 atom stereocenters. The van der Waals surface area contributed by atoms with Gasteiger partial charge < -0.3 is 67.3 Å². The molecule has 2 fully saturated rings. The van der Waals surface area contributed by atoms with Gasteiger partial charge >= 0.3 is 0 Å². The van der Waals surface area contributed by atoms with E-state index in [1.54, 1.807) is 127 Å². The average molecular weight is 2030 g/mol. The highest BCUT2D eigenvalue weighted by Gasteiger charge is 2.21. The fourth-order valence-corrected chi connectivity index (χ4v) is 14.7. The van der Waals surface area contributed by atoms with Gasteiger partial charge in [0.05, 0.1) is 65.3 Å². The number of morpholine rings is 2. The van der Waals surface area contributed by atoms with Crippen LogP contribution in [0, 0.1) is 29.1 Å². The quantitative estimate of drug-likeness (QED) is 0.0138. The Balaban J connectivity index is 0.000000140. The first-order valence-electron chi connectivity index (χ1n) is 48.6. The normalized spacial score (nSPS) is 15.1. The third kappa shape index (κ3) is 36.7. The first-order chi connectivity index (χ1) is 72.9. The third-order valence-electron chi connectivity index (χ3n) is 22.1. The van der Waals surface area contributed by atoms with Gasteiger partial charge in [0.1, 0.15) is 58.3 Å². The second-order valence-corrected chi connectivity index (χ2v) is 35.2. The van der Waals surface area contributed by atoms with Crippen molar-refractivity contribution in [3.8, 4) is 0 Å². The number of pyridine rings is 2. The number of hydrogen-bond donors (Lipinski definition) is 10. The lowest BCUT2D eigenvalue weighted by Crippen LogP contribution is -2.42. The van der Waals surface area contributed by atoms with E-state index < -0.39 is 6.10 Å². The zero-order chi connectivity index (χ0) is 105. The van der Waals surface area contributed by atoms with Crippen molar-refractivity contribution >= 4 is 149 Å². The molecule has 0 aliphatic carbocycles. The van der Waals surface area contributed by atoms with Crippen LogP contribution in [-0.4, -0.2) is 261 Å². The summed E-state index contributed by atoms with van der Waals surface area (Å²) in [6.45, 7) is 23.5. The summed E-state index contributed by atoms with van der Waals surface area (Å²) in [5, 5.41) is 38.8. The van der Waals surface area contributed by atoms with Gasteiger partial charge in [0, 0.05) is 97.8 Å². The van der Waals surface area contributed by atoms with Gasteiger partial charge in [0.2, 0.25) is 59.5 Å². The number of β-amino-alcohol motifs (C(OH)–C–C–N with tert-alkyl or cyclic N) is 1. The number of benzene rings is 5. The molecule has 19 rings (SSSR count). The molecule has 42 heteroatoms. The molecule has 770 valence electrons.